The number of halogens is 2. The number of benzene rings is 1. The number of carbonyl (C=O) groups is 1. The summed E-state index contributed by atoms with van der Waals surface area (Å²) in [5.74, 6) is 0.181. The molecule has 0 spiro atoms. The predicted octanol–water partition coefficient (Wildman–Crippen LogP) is 3.24. The third kappa shape index (κ3) is 4.26. The Morgan fingerprint density at radius 3 is 2.75 bits per heavy atom. The van der Waals surface area contributed by atoms with Crippen molar-refractivity contribution < 1.29 is 4.79 Å². The zero-order chi connectivity index (χ0) is 12.0. The van der Waals surface area contributed by atoms with E-state index in [0.717, 1.165) is 28.5 Å². The molecule has 0 aromatic heterocycles. The van der Waals surface area contributed by atoms with E-state index in [2.05, 4.69) is 31.9 Å². The second kappa shape index (κ2) is 7.07. The maximum absolute atomic E-state index is 11.9. The lowest BCUT2D eigenvalue weighted by Gasteiger charge is -2.19. The van der Waals surface area contributed by atoms with E-state index < -0.39 is 0 Å². The molecule has 0 aliphatic carbocycles. The fraction of sp³-hybridized carbons (Fsp3) is 0.417. The molecule has 0 unspecified atom stereocenters. The molecule has 0 fully saturated rings. The van der Waals surface area contributed by atoms with Crippen molar-refractivity contribution >= 4 is 37.8 Å². The Morgan fingerprint density at radius 2 is 2.19 bits per heavy atom. The third-order valence-electron chi connectivity index (χ3n) is 2.33. The van der Waals surface area contributed by atoms with Gasteiger partial charge in [0.2, 0.25) is 5.91 Å². The normalized spacial score (nSPS) is 10.2. The van der Waals surface area contributed by atoms with Gasteiger partial charge in [0.1, 0.15) is 0 Å². The molecule has 1 amide bonds. The zero-order valence-electron chi connectivity index (χ0n) is 9.25. The lowest BCUT2D eigenvalue weighted by Crippen LogP contribution is -2.33. The summed E-state index contributed by atoms with van der Waals surface area (Å²) in [6, 6.07) is 7.88. The van der Waals surface area contributed by atoms with Gasteiger partial charge in [0, 0.05) is 22.9 Å². The summed E-state index contributed by atoms with van der Waals surface area (Å²) < 4.78 is 1.02. The van der Waals surface area contributed by atoms with Gasteiger partial charge in [-0.2, -0.15) is 0 Å². The fourth-order valence-corrected chi connectivity index (χ4v) is 2.37. The molecule has 0 bridgehead atoms. The number of carbonyl (C=O) groups excluding carboxylic acids is 1. The Hall–Kier alpha value is -0.350. The van der Waals surface area contributed by atoms with Crippen molar-refractivity contribution in [2.75, 3.05) is 18.4 Å². The first-order valence-corrected chi connectivity index (χ1v) is 7.17. The topological polar surface area (TPSA) is 20.3 Å². The van der Waals surface area contributed by atoms with Gasteiger partial charge >= 0.3 is 0 Å². The number of rotatable bonds is 5. The molecule has 0 atom stereocenters. The van der Waals surface area contributed by atoms with E-state index in [9.17, 15) is 4.79 Å². The number of hydrogen-bond acceptors (Lipinski definition) is 1. The third-order valence-corrected chi connectivity index (χ3v) is 3.18. The monoisotopic (exact) mass is 347 g/mol. The highest BCUT2D eigenvalue weighted by molar-refractivity contribution is 9.10. The molecule has 88 valence electrons. The Morgan fingerprint density at radius 1 is 1.44 bits per heavy atom. The fourth-order valence-electron chi connectivity index (χ4n) is 1.49. The molecule has 1 rings (SSSR count). The standard InChI is InChI=1S/C12H15Br2NO/c1-2-15(7-6-13)12(16)9-10-4-3-5-11(14)8-10/h3-5,8H,2,6-7,9H2,1H3. The molecule has 0 saturated heterocycles. The van der Waals surface area contributed by atoms with Crippen molar-refractivity contribution in [3.05, 3.63) is 34.3 Å². The van der Waals surface area contributed by atoms with Crippen molar-refractivity contribution in [2.45, 2.75) is 13.3 Å². The van der Waals surface area contributed by atoms with Gasteiger partial charge in [0.05, 0.1) is 6.42 Å². The van der Waals surface area contributed by atoms with E-state index in [0.29, 0.717) is 6.42 Å². The number of hydrogen-bond donors (Lipinski definition) is 0. The van der Waals surface area contributed by atoms with Crippen molar-refractivity contribution in [1.82, 2.24) is 4.90 Å². The average molecular weight is 349 g/mol. The molecular formula is C12H15Br2NO. The van der Waals surface area contributed by atoms with Gasteiger partial charge in [-0.15, -0.1) is 0 Å². The van der Waals surface area contributed by atoms with Crippen LogP contribution in [0.15, 0.2) is 28.7 Å². The second-order valence-corrected chi connectivity index (χ2v) is 5.18. The molecule has 0 heterocycles. The Labute approximate surface area is 113 Å². The summed E-state index contributed by atoms with van der Waals surface area (Å²) >= 11 is 6.76. The smallest absolute Gasteiger partial charge is 0.227 e. The van der Waals surface area contributed by atoms with Crippen LogP contribution in [0.3, 0.4) is 0 Å². The summed E-state index contributed by atoms with van der Waals surface area (Å²) in [4.78, 5) is 13.8. The highest BCUT2D eigenvalue weighted by Gasteiger charge is 2.11. The van der Waals surface area contributed by atoms with E-state index in [1.807, 2.05) is 36.1 Å². The summed E-state index contributed by atoms with van der Waals surface area (Å²) in [6.07, 6.45) is 0.472. The molecule has 4 heteroatoms. The van der Waals surface area contributed by atoms with Crippen molar-refractivity contribution in [3.8, 4) is 0 Å². The van der Waals surface area contributed by atoms with Crippen LogP contribution in [-0.4, -0.2) is 29.2 Å². The zero-order valence-corrected chi connectivity index (χ0v) is 12.4. The maximum atomic E-state index is 11.9. The summed E-state index contributed by atoms with van der Waals surface area (Å²) in [5.41, 5.74) is 1.05. The van der Waals surface area contributed by atoms with Crippen LogP contribution in [0.4, 0.5) is 0 Å². The van der Waals surface area contributed by atoms with Crippen LogP contribution in [0, 0.1) is 0 Å². The minimum absolute atomic E-state index is 0.181. The Bertz CT molecular complexity index is 355. The number of amides is 1. The molecule has 2 nitrogen and oxygen atoms in total. The first kappa shape index (κ1) is 13.7. The van der Waals surface area contributed by atoms with Crippen molar-refractivity contribution in [3.63, 3.8) is 0 Å². The van der Waals surface area contributed by atoms with Gasteiger partial charge in [-0.25, -0.2) is 0 Å². The molecule has 1 aromatic carbocycles. The molecule has 0 radical (unpaired) electrons. The van der Waals surface area contributed by atoms with Gasteiger partial charge in [0.15, 0.2) is 0 Å². The Kier molecular flexibility index (Phi) is 6.06. The van der Waals surface area contributed by atoms with Crippen LogP contribution in [0.25, 0.3) is 0 Å². The van der Waals surface area contributed by atoms with Crippen LogP contribution in [0.2, 0.25) is 0 Å². The lowest BCUT2D eigenvalue weighted by molar-refractivity contribution is -0.130. The van der Waals surface area contributed by atoms with Crippen molar-refractivity contribution in [1.29, 1.82) is 0 Å². The molecule has 0 aliphatic rings. The van der Waals surface area contributed by atoms with Crippen LogP contribution >= 0.6 is 31.9 Å². The minimum atomic E-state index is 0.181. The van der Waals surface area contributed by atoms with E-state index in [4.69, 9.17) is 0 Å². The number of nitrogens with zero attached hydrogens (tertiary/aromatic N) is 1. The van der Waals surface area contributed by atoms with Gasteiger partial charge in [0.25, 0.3) is 0 Å². The van der Waals surface area contributed by atoms with Crippen molar-refractivity contribution in [2.24, 2.45) is 0 Å². The maximum Gasteiger partial charge on any atom is 0.227 e. The van der Waals surface area contributed by atoms with Gasteiger partial charge in [-0.05, 0) is 24.6 Å². The van der Waals surface area contributed by atoms with Crippen LogP contribution in [0.5, 0.6) is 0 Å². The largest absolute Gasteiger partial charge is 0.342 e. The van der Waals surface area contributed by atoms with E-state index in [-0.39, 0.29) is 5.91 Å². The van der Waals surface area contributed by atoms with Crippen LogP contribution in [0.1, 0.15) is 12.5 Å². The molecule has 0 aliphatic heterocycles. The average Bonchev–Trinajstić information content (AvgIpc) is 2.25. The van der Waals surface area contributed by atoms with Gasteiger partial charge in [-0.1, -0.05) is 44.0 Å². The van der Waals surface area contributed by atoms with Gasteiger partial charge in [-0.3, -0.25) is 4.79 Å². The summed E-state index contributed by atoms with van der Waals surface area (Å²) in [6.45, 7) is 3.53. The quantitative estimate of drug-likeness (QED) is 0.748. The van der Waals surface area contributed by atoms with E-state index >= 15 is 0 Å². The SMILES string of the molecule is CCN(CCBr)C(=O)Cc1cccc(Br)c1. The number of likely N-dealkylation sites (N-methyl/N-ethyl adjacent to an activating group) is 1. The molecule has 16 heavy (non-hydrogen) atoms. The first-order chi connectivity index (χ1) is 7.67. The Balaban J connectivity index is 2.62. The predicted molar refractivity (Wildman–Crippen MR) is 73.9 cm³/mol. The number of alkyl halides is 1. The summed E-state index contributed by atoms with van der Waals surface area (Å²) in [5, 5.41) is 0.824. The molecule has 0 saturated carbocycles. The van der Waals surface area contributed by atoms with E-state index in [1.54, 1.807) is 0 Å². The minimum Gasteiger partial charge on any atom is -0.342 e. The highest BCUT2D eigenvalue weighted by atomic mass is 79.9. The summed E-state index contributed by atoms with van der Waals surface area (Å²) in [7, 11) is 0. The molecular weight excluding hydrogens is 334 g/mol. The molecule has 0 N–H and O–H groups in total. The van der Waals surface area contributed by atoms with Crippen LogP contribution in [-0.2, 0) is 11.2 Å². The van der Waals surface area contributed by atoms with E-state index in [1.165, 1.54) is 0 Å². The molecule has 1 aromatic rings. The second-order valence-electron chi connectivity index (χ2n) is 3.47. The highest BCUT2D eigenvalue weighted by Crippen LogP contribution is 2.12. The first-order valence-electron chi connectivity index (χ1n) is 5.25. The van der Waals surface area contributed by atoms with Gasteiger partial charge < -0.3 is 4.90 Å². The van der Waals surface area contributed by atoms with Crippen LogP contribution < -0.4 is 0 Å². The lowest BCUT2D eigenvalue weighted by atomic mass is 10.1.